The predicted octanol–water partition coefficient (Wildman–Crippen LogP) is 4.94. The molecule has 2 nitrogen and oxygen atoms in total. The summed E-state index contributed by atoms with van der Waals surface area (Å²) in [5.41, 5.74) is 2.13. The third-order valence-corrected chi connectivity index (χ3v) is 3.67. The molecule has 0 aromatic heterocycles. The molecular formula is C16H16ClFO2. The maximum absolute atomic E-state index is 13.9. The van der Waals surface area contributed by atoms with Crippen molar-refractivity contribution in [1.29, 1.82) is 0 Å². The minimum Gasteiger partial charge on any atom is -0.454 e. The Kier molecular flexibility index (Phi) is 4.31. The number of para-hydroxylation sites is 1. The SMILES string of the molecule is Cc1cc(Oc2c(F)cccc2C(C)O)cc(C)c1Cl. The third kappa shape index (κ3) is 2.94. The molecule has 0 amide bonds. The molecule has 0 spiro atoms. The Morgan fingerprint density at radius 1 is 1.20 bits per heavy atom. The molecule has 0 radical (unpaired) electrons. The molecule has 2 aromatic rings. The van der Waals surface area contributed by atoms with Crippen molar-refractivity contribution in [2.45, 2.75) is 26.9 Å². The second-order valence-electron chi connectivity index (χ2n) is 4.81. The Bertz CT molecular complexity index is 615. The van der Waals surface area contributed by atoms with Gasteiger partial charge < -0.3 is 9.84 Å². The molecule has 1 atom stereocenters. The molecule has 20 heavy (non-hydrogen) atoms. The van der Waals surface area contributed by atoms with E-state index in [1.54, 1.807) is 31.2 Å². The van der Waals surface area contributed by atoms with Crippen molar-refractivity contribution in [3.8, 4) is 11.5 Å². The van der Waals surface area contributed by atoms with Crippen LogP contribution in [0.2, 0.25) is 5.02 Å². The Morgan fingerprint density at radius 2 is 1.80 bits per heavy atom. The molecule has 0 saturated heterocycles. The van der Waals surface area contributed by atoms with Gasteiger partial charge in [0.15, 0.2) is 11.6 Å². The van der Waals surface area contributed by atoms with Crippen molar-refractivity contribution in [1.82, 2.24) is 0 Å². The van der Waals surface area contributed by atoms with Crippen LogP contribution in [0.5, 0.6) is 11.5 Å². The Hall–Kier alpha value is -1.58. The lowest BCUT2D eigenvalue weighted by molar-refractivity contribution is 0.194. The number of hydrogen-bond acceptors (Lipinski definition) is 2. The summed E-state index contributed by atoms with van der Waals surface area (Å²) in [5.74, 6) is 0.0358. The van der Waals surface area contributed by atoms with E-state index in [9.17, 15) is 9.50 Å². The van der Waals surface area contributed by atoms with Gasteiger partial charge in [0, 0.05) is 10.6 Å². The lowest BCUT2D eigenvalue weighted by Crippen LogP contribution is -1.99. The van der Waals surface area contributed by atoms with Crippen LogP contribution in [-0.4, -0.2) is 5.11 Å². The minimum absolute atomic E-state index is 0.0450. The normalized spacial score (nSPS) is 12.3. The van der Waals surface area contributed by atoms with Gasteiger partial charge in [-0.3, -0.25) is 0 Å². The first kappa shape index (κ1) is 14.8. The van der Waals surface area contributed by atoms with Gasteiger partial charge in [0.25, 0.3) is 0 Å². The summed E-state index contributed by atoms with van der Waals surface area (Å²) in [6.07, 6.45) is -0.810. The van der Waals surface area contributed by atoms with E-state index in [1.165, 1.54) is 6.07 Å². The molecule has 0 fully saturated rings. The summed E-state index contributed by atoms with van der Waals surface area (Å²) >= 11 is 6.10. The summed E-state index contributed by atoms with van der Waals surface area (Å²) in [6.45, 7) is 5.29. The number of ether oxygens (including phenoxy) is 1. The third-order valence-electron chi connectivity index (χ3n) is 3.08. The molecule has 0 aliphatic rings. The van der Waals surface area contributed by atoms with Crippen LogP contribution in [0.3, 0.4) is 0 Å². The first-order chi connectivity index (χ1) is 9.40. The van der Waals surface area contributed by atoms with Crippen LogP contribution in [0.25, 0.3) is 0 Å². The number of aliphatic hydroxyl groups excluding tert-OH is 1. The lowest BCUT2D eigenvalue weighted by Gasteiger charge is -2.15. The molecule has 2 aromatic carbocycles. The van der Waals surface area contributed by atoms with E-state index in [0.717, 1.165) is 11.1 Å². The zero-order valence-electron chi connectivity index (χ0n) is 11.6. The molecule has 0 bridgehead atoms. The number of halogens is 2. The van der Waals surface area contributed by atoms with E-state index in [0.29, 0.717) is 16.3 Å². The maximum Gasteiger partial charge on any atom is 0.168 e. The molecule has 106 valence electrons. The number of aryl methyl sites for hydroxylation is 2. The van der Waals surface area contributed by atoms with Crippen LogP contribution in [0, 0.1) is 19.7 Å². The van der Waals surface area contributed by atoms with Crippen LogP contribution in [0.4, 0.5) is 4.39 Å². The molecule has 4 heteroatoms. The van der Waals surface area contributed by atoms with Crippen LogP contribution in [0.15, 0.2) is 30.3 Å². The van der Waals surface area contributed by atoms with Crippen molar-refractivity contribution in [3.63, 3.8) is 0 Å². The fourth-order valence-electron chi connectivity index (χ4n) is 2.05. The molecule has 2 rings (SSSR count). The second-order valence-corrected chi connectivity index (χ2v) is 5.19. The fraction of sp³-hybridized carbons (Fsp3) is 0.250. The Morgan fingerprint density at radius 3 is 2.35 bits per heavy atom. The van der Waals surface area contributed by atoms with Crippen molar-refractivity contribution in [2.75, 3.05) is 0 Å². The van der Waals surface area contributed by atoms with E-state index < -0.39 is 11.9 Å². The molecule has 0 saturated carbocycles. The maximum atomic E-state index is 13.9. The van der Waals surface area contributed by atoms with Gasteiger partial charge >= 0.3 is 0 Å². The summed E-state index contributed by atoms with van der Waals surface area (Å²) < 4.78 is 19.5. The molecule has 1 N–H and O–H groups in total. The topological polar surface area (TPSA) is 29.5 Å². The first-order valence-electron chi connectivity index (χ1n) is 6.31. The largest absolute Gasteiger partial charge is 0.454 e. The Balaban J connectivity index is 2.45. The molecular weight excluding hydrogens is 279 g/mol. The zero-order valence-corrected chi connectivity index (χ0v) is 12.3. The highest BCUT2D eigenvalue weighted by atomic mass is 35.5. The van der Waals surface area contributed by atoms with E-state index >= 15 is 0 Å². The summed E-state index contributed by atoms with van der Waals surface area (Å²) in [4.78, 5) is 0. The Labute approximate surface area is 122 Å². The smallest absolute Gasteiger partial charge is 0.168 e. The number of rotatable bonds is 3. The number of hydrogen-bond donors (Lipinski definition) is 1. The quantitative estimate of drug-likeness (QED) is 0.868. The van der Waals surface area contributed by atoms with Gasteiger partial charge in [-0.15, -0.1) is 0 Å². The standard InChI is InChI=1S/C16H16ClFO2/c1-9-7-12(8-10(2)15(9)17)20-16-13(11(3)19)5-4-6-14(16)18/h4-8,11,19H,1-3H3. The summed E-state index contributed by atoms with van der Waals surface area (Å²) in [7, 11) is 0. The van der Waals surface area contributed by atoms with Crippen molar-refractivity contribution >= 4 is 11.6 Å². The van der Waals surface area contributed by atoms with Gasteiger partial charge in [0.05, 0.1) is 6.10 Å². The van der Waals surface area contributed by atoms with E-state index in [2.05, 4.69) is 0 Å². The summed E-state index contributed by atoms with van der Waals surface area (Å²) in [5, 5.41) is 10.4. The lowest BCUT2D eigenvalue weighted by atomic mass is 10.1. The average Bonchev–Trinajstić information content (AvgIpc) is 2.38. The minimum atomic E-state index is -0.810. The van der Waals surface area contributed by atoms with Gasteiger partial charge in [-0.2, -0.15) is 0 Å². The van der Waals surface area contributed by atoms with Crippen molar-refractivity contribution < 1.29 is 14.2 Å². The predicted molar refractivity (Wildman–Crippen MR) is 78.0 cm³/mol. The van der Waals surface area contributed by atoms with Crippen LogP contribution < -0.4 is 4.74 Å². The highest BCUT2D eigenvalue weighted by molar-refractivity contribution is 6.32. The van der Waals surface area contributed by atoms with E-state index in [-0.39, 0.29) is 5.75 Å². The van der Waals surface area contributed by atoms with Crippen LogP contribution >= 0.6 is 11.6 Å². The van der Waals surface area contributed by atoms with Gasteiger partial charge in [0.1, 0.15) is 5.75 Å². The highest BCUT2D eigenvalue weighted by Gasteiger charge is 2.15. The monoisotopic (exact) mass is 294 g/mol. The molecule has 0 heterocycles. The van der Waals surface area contributed by atoms with E-state index in [1.807, 2.05) is 13.8 Å². The first-order valence-corrected chi connectivity index (χ1v) is 6.69. The van der Waals surface area contributed by atoms with E-state index in [4.69, 9.17) is 16.3 Å². The zero-order chi connectivity index (χ0) is 14.9. The van der Waals surface area contributed by atoms with Crippen molar-refractivity contribution in [2.24, 2.45) is 0 Å². The highest BCUT2D eigenvalue weighted by Crippen LogP contribution is 2.34. The van der Waals surface area contributed by atoms with Gasteiger partial charge in [0.2, 0.25) is 0 Å². The summed E-state index contributed by atoms with van der Waals surface area (Å²) in [6, 6.07) is 7.97. The van der Waals surface area contributed by atoms with Crippen molar-refractivity contribution in [3.05, 3.63) is 57.9 Å². The fourth-order valence-corrected chi connectivity index (χ4v) is 2.15. The van der Waals surface area contributed by atoms with Crippen LogP contribution in [-0.2, 0) is 0 Å². The van der Waals surface area contributed by atoms with Gasteiger partial charge in [-0.25, -0.2) is 4.39 Å². The van der Waals surface area contributed by atoms with Crippen LogP contribution in [0.1, 0.15) is 29.7 Å². The molecule has 0 aliphatic heterocycles. The second kappa shape index (κ2) is 5.81. The molecule has 1 unspecified atom stereocenters. The van der Waals surface area contributed by atoms with Gasteiger partial charge in [-0.05, 0) is 50.1 Å². The number of benzene rings is 2. The average molecular weight is 295 g/mol. The molecule has 0 aliphatic carbocycles. The number of aliphatic hydroxyl groups is 1. The van der Waals surface area contributed by atoms with Gasteiger partial charge in [-0.1, -0.05) is 23.7 Å².